The number of halogens is 2. The fraction of sp³-hybridized carbons (Fsp3) is 0.286. The van der Waals surface area contributed by atoms with Crippen LogP contribution in [0.15, 0.2) is 22.7 Å². The zero-order valence-electron chi connectivity index (χ0n) is 5.96. The molecule has 0 amide bonds. The fourth-order valence-electron chi connectivity index (χ4n) is 0.821. The van der Waals surface area contributed by atoms with Gasteiger partial charge in [-0.1, -0.05) is 50.1 Å². The number of alkyl halides is 1. The van der Waals surface area contributed by atoms with Gasteiger partial charge in [0, 0.05) is 4.48 Å². The summed E-state index contributed by atoms with van der Waals surface area (Å²) in [6, 6.07) is 0. The standard InChI is InChI=1S/C7H6Br2O3/c8-5-1-3-7(9,4-2-5)6(10)12-11/h1-3,11H,4H2. The van der Waals surface area contributed by atoms with E-state index in [1.807, 2.05) is 6.08 Å². The lowest BCUT2D eigenvalue weighted by Crippen LogP contribution is -2.31. The number of carbonyl (C=O) groups excluding carboxylic acids is 1. The molecule has 0 aromatic heterocycles. The Morgan fingerprint density at radius 1 is 1.75 bits per heavy atom. The van der Waals surface area contributed by atoms with Gasteiger partial charge in [-0.05, 0) is 6.42 Å². The minimum absolute atomic E-state index is 0.448. The number of allylic oxidation sites excluding steroid dienone is 3. The van der Waals surface area contributed by atoms with E-state index in [2.05, 4.69) is 36.7 Å². The van der Waals surface area contributed by atoms with Crippen molar-refractivity contribution in [1.29, 1.82) is 0 Å². The van der Waals surface area contributed by atoms with Crippen molar-refractivity contribution < 1.29 is 14.9 Å². The topological polar surface area (TPSA) is 46.5 Å². The summed E-state index contributed by atoms with van der Waals surface area (Å²) >= 11 is 6.41. The van der Waals surface area contributed by atoms with E-state index in [4.69, 9.17) is 5.26 Å². The molecule has 0 radical (unpaired) electrons. The molecule has 5 heteroatoms. The monoisotopic (exact) mass is 296 g/mol. The van der Waals surface area contributed by atoms with Crippen molar-refractivity contribution in [1.82, 2.24) is 0 Å². The molecular weight excluding hydrogens is 292 g/mol. The fourth-order valence-corrected chi connectivity index (χ4v) is 1.48. The van der Waals surface area contributed by atoms with Crippen LogP contribution in [0.25, 0.3) is 0 Å². The van der Waals surface area contributed by atoms with Gasteiger partial charge in [0.1, 0.15) is 4.32 Å². The highest BCUT2D eigenvalue weighted by Crippen LogP contribution is 2.32. The third-order valence-electron chi connectivity index (χ3n) is 1.52. The molecule has 0 fully saturated rings. The van der Waals surface area contributed by atoms with Crippen LogP contribution in [0.2, 0.25) is 0 Å². The molecule has 0 aromatic rings. The normalized spacial score (nSPS) is 28.1. The quantitative estimate of drug-likeness (QED) is 0.459. The zero-order valence-corrected chi connectivity index (χ0v) is 9.13. The minimum atomic E-state index is -0.918. The van der Waals surface area contributed by atoms with E-state index in [-0.39, 0.29) is 0 Å². The Hall–Kier alpha value is -0.130. The first kappa shape index (κ1) is 9.95. The molecule has 12 heavy (non-hydrogen) atoms. The van der Waals surface area contributed by atoms with E-state index in [9.17, 15) is 4.79 Å². The molecule has 0 bridgehead atoms. The third-order valence-corrected chi connectivity index (χ3v) is 3.02. The van der Waals surface area contributed by atoms with Crippen molar-refractivity contribution in [2.24, 2.45) is 0 Å². The maximum Gasteiger partial charge on any atom is 0.362 e. The first-order chi connectivity index (χ1) is 5.58. The highest BCUT2D eigenvalue weighted by atomic mass is 79.9. The highest BCUT2D eigenvalue weighted by Gasteiger charge is 2.35. The average Bonchev–Trinajstić information content (AvgIpc) is 2.09. The number of hydrogen-bond donors (Lipinski definition) is 1. The van der Waals surface area contributed by atoms with Crippen molar-refractivity contribution in [2.45, 2.75) is 10.7 Å². The second-order valence-electron chi connectivity index (χ2n) is 2.37. The molecule has 1 atom stereocenters. The molecule has 1 unspecified atom stereocenters. The lowest BCUT2D eigenvalue weighted by Gasteiger charge is -2.20. The molecule has 1 rings (SSSR count). The average molecular weight is 298 g/mol. The molecule has 1 aliphatic carbocycles. The van der Waals surface area contributed by atoms with E-state index in [0.29, 0.717) is 6.42 Å². The zero-order chi connectivity index (χ0) is 9.19. The van der Waals surface area contributed by atoms with Gasteiger partial charge in [-0.25, -0.2) is 4.79 Å². The molecular formula is C7H6Br2O3. The van der Waals surface area contributed by atoms with Crippen LogP contribution in [0.1, 0.15) is 6.42 Å². The molecule has 0 saturated carbocycles. The molecule has 66 valence electrons. The van der Waals surface area contributed by atoms with Crippen LogP contribution < -0.4 is 0 Å². The molecule has 0 saturated heterocycles. The van der Waals surface area contributed by atoms with Crippen LogP contribution in [0.3, 0.4) is 0 Å². The van der Waals surface area contributed by atoms with E-state index < -0.39 is 10.3 Å². The summed E-state index contributed by atoms with van der Waals surface area (Å²) < 4.78 is -0.0118. The maximum absolute atomic E-state index is 11.0. The number of rotatable bonds is 1. The summed E-state index contributed by atoms with van der Waals surface area (Å²) in [7, 11) is 0. The molecule has 3 nitrogen and oxygen atoms in total. The van der Waals surface area contributed by atoms with Gasteiger partial charge in [-0.15, -0.1) is 0 Å². The van der Waals surface area contributed by atoms with Gasteiger partial charge < -0.3 is 0 Å². The summed E-state index contributed by atoms with van der Waals surface area (Å²) in [6.45, 7) is 0. The van der Waals surface area contributed by atoms with Gasteiger partial charge in [-0.2, -0.15) is 5.26 Å². The van der Waals surface area contributed by atoms with E-state index >= 15 is 0 Å². The van der Waals surface area contributed by atoms with E-state index in [1.165, 1.54) is 0 Å². The van der Waals surface area contributed by atoms with E-state index in [0.717, 1.165) is 4.48 Å². The number of hydrogen-bond acceptors (Lipinski definition) is 3. The van der Waals surface area contributed by atoms with Crippen molar-refractivity contribution in [3.05, 3.63) is 22.7 Å². The first-order valence-corrected chi connectivity index (χ1v) is 4.77. The van der Waals surface area contributed by atoms with Crippen molar-refractivity contribution in [3.8, 4) is 0 Å². The molecule has 0 aromatic carbocycles. The van der Waals surface area contributed by atoms with Crippen molar-refractivity contribution >= 4 is 37.8 Å². The second kappa shape index (κ2) is 3.72. The van der Waals surface area contributed by atoms with Gasteiger partial charge >= 0.3 is 5.97 Å². The highest BCUT2D eigenvalue weighted by molar-refractivity contribution is 9.12. The molecule has 0 spiro atoms. The van der Waals surface area contributed by atoms with E-state index in [1.54, 1.807) is 12.2 Å². The molecule has 1 aliphatic rings. The summed E-state index contributed by atoms with van der Waals surface area (Å²) in [5.74, 6) is -0.713. The predicted molar refractivity (Wildman–Crippen MR) is 51.1 cm³/mol. The largest absolute Gasteiger partial charge is 0.362 e. The SMILES string of the molecule is O=C(OO)C1(Br)C=CC(Br)=CC1. The molecule has 1 N–H and O–H groups in total. The Morgan fingerprint density at radius 3 is 2.83 bits per heavy atom. The lowest BCUT2D eigenvalue weighted by atomic mass is 10.0. The van der Waals surface area contributed by atoms with Crippen LogP contribution in [-0.4, -0.2) is 15.6 Å². The smallest absolute Gasteiger partial charge is 0.299 e. The van der Waals surface area contributed by atoms with Crippen LogP contribution in [0.4, 0.5) is 0 Å². The van der Waals surface area contributed by atoms with Crippen LogP contribution in [0.5, 0.6) is 0 Å². The van der Waals surface area contributed by atoms with Gasteiger partial charge in [0.25, 0.3) is 0 Å². The summed E-state index contributed by atoms with van der Waals surface area (Å²) in [5.41, 5.74) is 0. The Labute approximate surface area is 86.3 Å². The Kier molecular flexibility index (Phi) is 3.09. The van der Waals surface area contributed by atoms with Crippen LogP contribution >= 0.6 is 31.9 Å². The van der Waals surface area contributed by atoms with Gasteiger partial charge in [0.05, 0.1) is 0 Å². The Balaban J connectivity index is 2.78. The number of carbonyl (C=O) groups is 1. The Bertz CT molecular complexity index is 259. The molecule has 0 aliphatic heterocycles. The minimum Gasteiger partial charge on any atom is -0.299 e. The summed E-state index contributed by atoms with van der Waals surface area (Å²) in [6.07, 6.45) is 5.60. The maximum atomic E-state index is 11.0. The third kappa shape index (κ3) is 1.97. The van der Waals surface area contributed by atoms with Gasteiger partial charge in [0.15, 0.2) is 0 Å². The summed E-state index contributed by atoms with van der Waals surface area (Å²) in [5, 5.41) is 8.17. The lowest BCUT2D eigenvalue weighted by molar-refractivity contribution is -0.235. The molecule has 0 heterocycles. The first-order valence-electron chi connectivity index (χ1n) is 3.18. The van der Waals surface area contributed by atoms with Crippen LogP contribution in [0, 0.1) is 0 Å². The van der Waals surface area contributed by atoms with Gasteiger partial charge in [-0.3, -0.25) is 4.89 Å². The Morgan fingerprint density at radius 2 is 2.42 bits per heavy atom. The summed E-state index contributed by atoms with van der Waals surface area (Å²) in [4.78, 5) is 14.6. The van der Waals surface area contributed by atoms with Crippen molar-refractivity contribution in [3.63, 3.8) is 0 Å². The van der Waals surface area contributed by atoms with Crippen LogP contribution in [-0.2, 0) is 9.68 Å². The predicted octanol–water partition coefficient (Wildman–Crippen LogP) is 2.38. The van der Waals surface area contributed by atoms with Gasteiger partial charge in [0.2, 0.25) is 0 Å². The second-order valence-corrected chi connectivity index (χ2v) is 4.70. The van der Waals surface area contributed by atoms with Crippen molar-refractivity contribution in [2.75, 3.05) is 0 Å².